The molecule has 0 amide bonds. The fraction of sp³-hybridized carbons (Fsp3) is 0.929. The van der Waals surface area contributed by atoms with Gasteiger partial charge in [0.05, 0.1) is 0 Å². The van der Waals surface area contributed by atoms with Crippen LogP contribution in [0.3, 0.4) is 0 Å². The molecule has 0 radical (unpaired) electrons. The van der Waals surface area contributed by atoms with Crippen LogP contribution in [0.5, 0.6) is 0 Å². The molecule has 0 saturated carbocycles. The lowest BCUT2D eigenvalue weighted by atomic mass is 10.00. The van der Waals surface area contributed by atoms with Crippen molar-refractivity contribution >= 4 is 5.78 Å². The summed E-state index contributed by atoms with van der Waals surface area (Å²) in [5, 5.41) is 0. The maximum atomic E-state index is 11.2. The standard InChI is InChI=1S/C14H26O3/c1-3-13(15)8-7-12(2)9-11-17-14-6-4-5-10-16-14/h12,14H,3-11H2,1-2H3. The molecule has 3 nitrogen and oxygen atoms in total. The highest BCUT2D eigenvalue weighted by molar-refractivity contribution is 5.77. The van der Waals surface area contributed by atoms with Crippen LogP contribution in [0.15, 0.2) is 0 Å². The zero-order valence-corrected chi connectivity index (χ0v) is 11.2. The number of carbonyl (C=O) groups is 1. The Kier molecular flexibility index (Phi) is 7.45. The van der Waals surface area contributed by atoms with Gasteiger partial charge in [0.15, 0.2) is 6.29 Å². The number of hydrogen-bond donors (Lipinski definition) is 0. The van der Waals surface area contributed by atoms with Crippen LogP contribution in [0.1, 0.15) is 58.8 Å². The van der Waals surface area contributed by atoms with Crippen LogP contribution >= 0.6 is 0 Å². The van der Waals surface area contributed by atoms with E-state index in [9.17, 15) is 4.79 Å². The summed E-state index contributed by atoms with van der Waals surface area (Å²) in [5.41, 5.74) is 0. The first kappa shape index (κ1) is 14.7. The number of rotatable bonds is 8. The van der Waals surface area contributed by atoms with Crippen molar-refractivity contribution in [3.8, 4) is 0 Å². The van der Waals surface area contributed by atoms with Crippen molar-refractivity contribution in [2.75, 3.05) is 13.2 Å². The normalized spacial score (nSPS) is 22.4. The van der Waals surface area contributed by atoms with E-state index in [1.54, 1.807) is 0 Å². The molecule has 1 aliphatic rings. The largest absolute Gasteiger partial charge is 0.353 e. The topological polar surface area (TPSA) is 35.5 Å². The molecule has 0 bridgehead atoms. The second kappa shape index (κ2) is 8.65. The number of hydrogen-bond acceptors (Lipinski definition) is 3. The van der Waals surface area contributed by atoms with E-state index in [4.69, 9.17) is 9.47 Å². The minimum Gasteiger partial charge on any atom is -0.353 e. The van der Waals surface area contributed by atoms with E-state index in [0.29, 0.717) is 18.1 Å². The van der Waals surface area contributed by atoms with Crippen molar-refractivity contribution in [1.82, 2.24) is 0 Å². The molecular weight excluding hydrogens is 216 g/mol. The van der Waals surface area contributed by atoms with Gasteiger partial charge in [0.25, 0.3) is 0 Å². The van der Waals surface area contributed by atoms with E-state index < -0.39 is 0 Å². The van der Waals surface area contributed by atoms with Crippen molar-refractivity contribution in [2.45, 2.75) is 65.1 Å². The van der Waals surface area contributed by atoms with Gasteiger partial charge in [0, 0.05) is 26.1 Å². The average Bonchev–Trinajstić information content (AvgIpc) is 2.37. The Hall–Kier alpha value is -0.410. The molecule has 0 spiro atoms. The van der Waals surface area contributed by atoms with Crippen molar-refractivity contribution in [3.63, 3.8) is 0 Å². The molecule has 1 fully saturated rings. The zero-order valence-electron chi connectivity index (χ0n) is 11.2. The number of carbonyl (C=O) groups excluding carboxylic acids is 1. The van der Waals surface area contributed by atoms with Crippen molar-refractivity contribution in [3.05, 3.63) is 0 Å². The zero-order chi connectivity index (χ0) is 12.5. The maximum Gasteiger partial charge on any atom is 0.157 e. The van der Waals surface area contributed by atoms with Crippen LogP contribution < -0.4 is 0 Å². The Bertz CT molecular complexity index is 210. The van der Waals surface area contributed by atoms with E-state index >= 15 is 0 Å². The van der Waals surface area contributed by atoms with E-state index in [1.165, 1.54) is 6.42 Å². The van der Waals surface area contributed by atoms with E-state index in [0.717, 1.165) is 45.3 Å². The molecule has 2 unspecified atom stereocenters. The smallest absolute Gasteiger partial charge is 0.157 e. The third-order valence-corrected chi connectivity index (χ3v) is 3.36. The molecule has 0 aromatic carbocycles. The lowest BCUT2D eigenvalue weighted by Crippen LogP contribution is -2.23. The van der Waals surface area contributed by atoms with Crippen LogP contribution in [0, 0.1) is 5.92 Å². The molecule has 1 heterocycles. The Balaban J connectivity index is 1.99. The molecule has 0 aliphatic carbocycles. The van der Waals surface area contributed by atoms with Gasteiger partial charge >= 0.3 is 0 Å². The molecule has 2 atom stereocenters. The summed E-state index contributed by atoms with van der Waals surface area (Å²) in [6.45, 7) is 5.71. The van der Waals surface area contributed by atoms with Gasteiger partial charge in [-0.15, -0.1) is 0 Å². The molecule has 100 valence electrons. The second-order valence-electron chi connectivity index (χ2n) is 4.99. The average molecular weight is 242 g/mol. The first-order valence-corrected chi connectivity index (χ1v) is 6.97. The Morgan fingerprint density at radius 3 is 2.88 bits per heavy atom. The van der Waals surface area contributed by atoms with E-state index in [2.05, 4.69) is 6.92 Å². The third kappa shape index (κ3) is 6.79. The lowest BCUT2D eigenvalue weighted by Gasteiger charge is -2.23. The second-order valence-corrected chi connectivity index (χ2v) is 4.99. The molecule has 17 heavy (non-hydrogen) atoms. The summed E-state index contributed by atoms with van der Waals surface area (Å²) in [6, 6.07) is 0. The predicted octanol–water partition coefficient (Wildman–Crippen LogP) is 3.32. The number of Topliss-reactive ketones (excluding diaryl/α,β-unsaturated/α-hetero) is 1. The van der Waals surface area contributed by atoms with Gasteiger partial charge in [-0.1, -0.05) is 13.8 Å². The number of ether oxygens (including phenoxy) is 2. The summed E-state index contributed by atoms with van der Waals surface area (Å²) < 4.78 is 11.2. The quantitative estimate of drug-likeness (QED) is 0.655. The first-order valence-electron chi connectivity index (χ1n) is 6.97. The van der Waals surface area contributed by atoms with Gasteiger partial charge in [-0.2, -0.15) is 0 Å². The van der Waals surface area contributed by atoms with Gasteiger partial charge < -0.3 is 9.47 Å². The van der Waals surface area contributed by atoms with Crippen LogP contribution in [-0.4, -0.2) is 25.3 Å². The molecule has 1 rings (SSSR count). The highest BCUT2D eigenvalue weighted by Gasteiger charge is 2.14. The summed E-state index contributed by atoms with van der Waals surface area (Å²) >= 11 is 0. The van der Waals surface area contributed by atoms with Crippen LogP contribution in [0.4, 0.5) is 0 Å². The molecule has 3 heteroatoms. The van der Waals surface area contributed by atoms with Gasteiger partial charge in [0.1, 0.15) is 5.78 Å². The van der Waals surface area contributed by atoms with Crippen molar-refractivity contribution in [1.29, 1.82) is 0 Å². The molecule has 0 aromatic rings. The number of ketones is 1. The molecule has 0 N–H and O–H groups in total. The Labute approximate surface area is 105 Å². The third-order valence-electron chi connectivity index (χ3n) is 3.36. The molecule has 1 aliphatic heterocycles. The summed E-state index contributed by atoms with van der Waals surface area (Å²) in [7, 11) is 0. The molecule has 1 saturated heterocycles. The minimum absolute atomic E-state index is 0.0215. The van der Waals surface area contributed by atoms with E-state index in [1.807, 2.05) is 6.92 Å². The summed E-state index contributed by atoms with van der Waals surface area (Å²) in [4.78, 5) is 11.2. The summed E-state index contributed by atoms with van der Waals surface area (Å²) in [5.74, 6) is 0.933. The molecular formula is C14H26O3. The maximum absolute atomic E-state index is 11.2. The fourth-order valence-electron chi connectivity index (χ4n) is 1.97. The first-order chi connectivity index (χ1) is 8.22. The minimum atomic E-state index is 0.0215. The lowest BCUT2D eigenvalue weighted by molar-refractivity contribution is -0.164. The van der Waals surface area contributed by atoms with Crippen LogP contribution in [0.2, 0.25) is 0 Å². The monoisotopic (exact) mass is 242 g/mol. The van der Waals surface area contributed by atoms with Gasteiger partial charge in [-0.25, -0.2) is 0 Å². The Morgan fingerprint density at radius 2 is 2.24 bits per heavy atom. The molecule has 0 aromatic heterocycles. The van der Waals surface area contributed by atoms with Gasteiger partial charge in [-0.3, -0.25) is 4.79 Å². The highest BCUT2D eigenvalue weighted by atomic mass is 16.7. The SMILES string of the molecule is CCC(=O)CCC(C)CCOC1CCCCO1. The fourth-order valence-corrected chi connectivity index (χ4v) is 1.97. The van der Waals surface area contributed by atoms with Gasteiger partial charge in [0.2, 0.25) is 0 Å². The van der Waals surface area contributed by atoms with Crippen molar-refractivity contribution in [2.24, 2.45) is 5.92 Å². The van der Waals surface area contributed by atoms with Crippen LogP contribution in [0.25, 0.3) is 0 Å². The van der Waals surface area contributed by atoms with Crippen LogP contribution in [-0.2, 0) is 14.3 Å². The van der Waals surface area contributed by atoms with Crippen molar-refractivity contribution < 1.29 is 14.3 Å². The summed E-state index contributed by atoms with van der Waals surface area (Å²) in [6.07, 6.45) is 6.83. The highest BCUT2D eigenvalue weighted by Crippen LogP contribution is 2.16. The van der Waals surface area contributed by atoms with Gasteiger partial charge in [-0.05, 0) is 38.0 Å². The predicted molar refractivity (Wildman–Crippen MR) is 67.9 cm³/mol. The Morgan fingerprint density at radius 1 is 1.41 bits per heavy atom. The van der Waals surface area contributed by atoms with E-state index in [-0.39, 0.29) is 6.29 Å².